The first-order valence-electron chi connectivity index (χ1n) is 4.47. The zero-order valence-corrected chi connectivity index (χ0v) is 11.2. The van der Waals surface area contributed by atoms with Crippen LogP contribution >= 0.6 is 15.9 Å². The largest absolute Gasteiger partial charge is 0.390 e. The van der Waals surface area contributed by atoms with E-state index >= 15 is 0 Å². The molecule has 0 aliphatic rings. The number of alkyl halides is 1. The molecule has 0 aliphatic carbocycles. The molecule has 0 saturated carbocycles. The van der Waals surface area contributed by atoms with E-state index in [-0.39, 0.29) is 0 Å². The lowest BCUT2D eigenvalue weighted by Crippen LogP contribution is -2.16. The summed E-state index contributed by atoms with van der Waals surface area (Å²) in [5.74, 6) is 0. The summed E-state index contributed by atoms with van der Waals surface area (Å²) in [5, 5.41) is 9.53. The van der Waals surface area contributed by atoms with Crippen LogP contribution in [0.5, 0.6) is 0 Å². The molecular formula is C10H22BrNO2. The molecule has 0 spiro atoms. The van der Waals surface area contributed by atoms with E-state index in [2.05, 4.69) is 22.5 Å². The van der Waals surface area contributed by atoms with Crippen LogP contribution in [0.2, 0.25) is 0 Å². The van der Waals surface area contributed by atoms with Gasteiger partial charge in [0.1, 0.15) is 0 Å². The van der Waals surface area contributed by atoms with Crippen molar-refractivity contribution in [2.24, 2.45) is 0 Å². The van der Waals surface area contributed by atoms with Gasteiger partial charge in [0.15, 0.2) is 0 Å². The van der Waals surface area contributed by atoms with Gasteiger partial charge in [-0.3, -0.25) is 0 Å². The highest BCUT2D eigenvalue weighted by atomic mass is 79.9. The Balaban J connectivity index is 0. The topological polar surface area (TPSA) is 32.7 Å². The van der Waals surface area contributed by atoms with Crippen molar-refractivity contribution in [1.82, 2.24) is 4.90 Å². The predicted octanol–water partition coefficient (Wildman–Crippen LogP) is 1.51. The third-order valence-electron chi connectivity index (χ3n) is 0.837. The molecule has 0 aromatic carbocycles. The Hall–Kier alpha value is 0.100. The van der Waals surface area contributed by atoms with Crippen molar-refractivity contribution in [3.8, 4) is 0 Å². The van der Waals surface area contributed by atoms with E-state index in [0.29, 0.717) is 18.5 Å². The summed E-state index contributed by atoms with van der Waals surface area (Å²) in [5.41, 5.74) is 0.974. The Morgan fingerprint density at radius 3 is 2.21 bits per heavy atom. The van der Waals surface area contributed by atoms with E-state index < -0.39 is 6.10 Å². The van der Waals surface area contributed by atoms with Gasteiger partial charge in [-0.25, -0.2) is 0 Å². The Labute approximate surface area is 95.9 Å². The van der Waals surface area contributed by atoms with Gasteiger partial charge >= 0.3 is 0 Å². The molecule has 1 unspecified atom stereocenters. The molecular weight excluding hydrogens is 246 g/mol. The molecule has 1 N–H and O–H groups in total. The monoisotopic (exact) mass is 267 g/mol. The van der Waals surface area contributed by atoms with Crippen LogP contribution < -0.4 is 0 Å². The van der Waals surface area contributed by atoms with Crippen molar-refractivity contribution >= 4 is 15.9 Å². The minimum absolute atomic E-state index is 0.373. The van der Waals surface area contributed by atoms with Crippen molar-refractivity contribution in [2.75, 3.05) is 39.7 Å². The zero-order valence-electron chi connectivity index (χ0n) is 9.59. The first kappa shape index (κ1) is 16.5. The third kappa shape index (κ3) is 22.7. The van der Waals surface area contributed by atoms with E-state index in [1.54, 1.807) is 0 Å². The van der Waals surface area contributed by atoms with E-state index in [1.165, 1.54) is 0 Å². The lowest BCUT2D eigenvalue weighted by molar-refractivity contribution is 0.0603. The van der Waals surface area contributed by atoms with Crippen molar-refractivity contribution in [3.63, 3.8) is 0 Å². The maximum Gasteiger partial charge on any atom is 0.0870 e. The highest BCUT2D eigenvalue weighted by Gasteiger charge is 1.99. The fraction of sp³-hybridized carbons (Fsp3) is 0.800. The van der Waals surface area contributed by atoms with Gasteiger partial charge in [-0.2, -0.15) is 0 Å². The summed E-state index contributed by atoms with van der Waals surface area (Å²) < 4.78 is 5.07. The Bertz CT molecular complexity index is 137. The van der Waals surface area contributed by atoms with Gasteiger partial charge in [0.25, 0.3) is 0 Å². The van der Waals surface area contributed by atoms with Crippen LogP contribution in [0.15, 0.2) is 12.2 Å². The maximum absolute atomic E-state index is 8.97. The molecule has 0 aromatic rings. The number of aliphatic hydroxyl groups is 1. The van der Waals surface area contributed by atoms with Gasteiger partial charge in [0.2, 0.25) is 0 Å². The SMILES string of the molecule is C=C(C)COCC(O)CBr.CN(C)C. The minimum Gasteiger partial charge on any atom is -0.390 e. The van der Waals surface area contributed by atoms with E-state index in [4.69, 9.17) is 9.84 Å². The van der Waals surface area contributed by atoms with Gasteiger partial charge in [0.05, 0.1) is 19.3 Å². The Morgan fingerprint density at radius 1 is 1.50 bits per heavy atom. The quantitative estimate of drug-likeness (QED) is 0.606. The average Bonchev–Trinajstić information content (AvgIpc) is 2.02. The van der Waals surface area contributed by atoms with Gasteiger partial charge in [-0.15, -0.1) is 0 Å². The maximum atomic E-state index is 8.97. The number of rotatable bonds is 5. The normalized spacial score (nSPS) is 11.9. The molecule has 0 rings (SSSR count). The number of nitrogens with zero attached hydrogens (tertiary/aromatic N) is 1. The second-order valence-electron chi connectivity index (χ2n) is 3.62. The number of aliphatic hydroxyl groups excluding tert-OH is 1. The summed E-state index contributed by atoms with van der Waals surface area (Å²) >= 11 is 3.13. The molecule has 0 aliphatic heterocycles. The fourth-order valence-corrected chi connectivity index (χ4v) is 0.601. The van der Waals surface area contributed by atoms with Crippen LogP contribution in [0.25, 0.3) is 0 Å². The van der Waals surface area contributed by atoms with Crippen molar-refractivity contribution in [2.45, 2.75) is 13.0 Å². The van der Waals surface area contributed by atoms with Crippen LogP contribution in [0.4, 0.5) is 0 Å². The molecule has 0 fully saturated rings. The van der Waals surface area contributed by atoms with Gasteiger partial charge in [-0.1, -0.05) is 28.1 Å². The number of hydrogen-bond acceptors (Lipinski definition) is 3. The Kier molecular flexibility index (Phi) is 13.2. The molecule has 1 atom stereocenters. The summed E-state index contributed by atoms with van der Waals surface area (Å²) in [7, 11) is 6.00. The smallest absolute Gasteiger partial charge is 0.0870 e. The first-order valence-corrected chi connectivity index (χ1v) is 5.59. The second-order valence-corrected chi connectivity index (χ2v) is 4.27. The van der Waals surface area contributed by atoms with Crippen LogP contribution in [0.1, 0.15) is 6.92 Å². The lowest BCUT2D eigenvalue weighted by atomic mass is 10.4. The molecule has 0 saturated heterocycles. The van der Waals surface area contributed by atoms with Gasteiger partial charge in [0, 0.05) is 5.33 Å². The molecule has 3 nitrogen and oxygen atoms in total. The minimum atomic E-state index is -0.403. The van der Waals surface area contributed by atoms with E-state index in [0.717, 1.165) is 5.57 Å². The van der Waals surface area contributed by atoms with Crippen LogP contribution in [-0.2, 0) is 4.74 Å². The molecule has 0 heterocycles. The molecule has 14 heavy (non-hydrogen) atoms. The van der Waals surface area contributed by atoms with Gasteiger partial charge in [-0.05, 0) is 28.1 Å². The van der Waals surface area contributed by atoms with E-state index in [1.807, 2.05) is 33.0 Å². The molecule has 4 heteroatoms. The standard InChI is InChI=1S/C7H13BrO2.C3H9N/c1-6(2)4-10-5-7(9)3-8;1-4(2)3/h7,9H,1,3-5H2,2H3;1-3H3. The van der Waals surface area contributed by atoms with Crippen molar-refractivity contribution in [1.29, 1.82) is 0 Å². The predicted molar refractivity (Wildman–Crippen MR) is 65.0 cm³/mol. The average molecular weight is 268 g/mol. The molecule has 0 radical (unpaired) electrons. The van der Waals surface area contributed by atoms with Crippen LogP contribution in [0, 0.1) is 0 Å². The number of hydrogen-bond donors (Lipinski definition) is 1. The van der Waals surface area contributed by atoms with Gasteiger partial charge < -0.3 is 14.7 Å². The van der Waals surface area contributed by atoms with E-state index in [9.17, 15) is 0 Å². The summed E-state index contributed by atoms with van der Waals surface area (Å²) in [6, 6.07) is 0. The third-order valence-corrected chi connectivity index (χ3v) is 1.58. The fourth-order valence-electron chi connectivity index (χ4n) is 0.414. The number of halogens is 1. The molecule has 0 aromatic heterocycles. The highest BCUT2D eigenvalue weighted by Crippen LogP contribution is 1.93. The highest BCUT2D eigenvalue weighted by molar-refractivity contribution is 9.09. The van der Waals surface area contributed by atoms with Crippen LogP contribution in [-0.4, -0.2) is 55.8 Å². The summed E-state index contributed by atoms with van der Waals surface area (Å²) in [4.78, 5) is 2.00. The molecule has 0 bridgehead atoms. The zero-order chi connectivity index (χ0) is 11.6. The number of ether oxygens (including phenoxy) is 1. The lowest BCUT2D eigenvalue weighted by Gasteiger charge is -2.06. The van der Waals surface area contributed by atoms with Crippen molar-refractivity contribution in [3.05, 3.63) is 12.2 Å². The molecule has 86 valence electrons. The Morgan fingerprint density at radius 2 is 1.93 bits per heavy atom. The summed E-state index contributed by atoms with van der Waals surface area (Å²) in [6.07, 6.45) is -0.403. The summed E-state index contributed by atoms with van der Waals surface area (Å²) in [6.45, 7) is 6.45. The molecule has 0 amide bonds. The first-order chi connectivity index (χ1) is 6.40. The van der Waals surface area contributed by atoms with Crippen molar-refractivity contribution < 1.29 is 9.84 Å². The van der Waals surface area contributed by atoms with Crippen LogP contribution in [0.3, 0.4) is 0 Å². The second kappa shape index (κ2) is 11.2.